The molecule has 0 fully saturated rings. The van der Waals surface area contributed by atoms with Gasteiger partial charge in [-0.1, -0.05) is 35.5 Å². The Morgan fingerprint density at radius 3 is 2.79 bits per heavy atom. The van der Waals surface area contributed by atoms with Crippen LogP contribution in [0.5, 0.6) is 0 Å². The van der Waals surface area contributed by atoms with Crippen LogP contribution in [-0.2, 0) is 0 Å². The van der Waals surface area contributed by atoms with Gasteiger partial charge >= 0.3 is 0 Å². The number of benzene rings is 2. The summed E-state index contributed by atoms with van der Waals surface area (Å²) in [5, 5.41) is 4.25. The molecule has 0 saturated carbocycles. The fraction of sp³-hybridized carbons (Fsp3) is 0.278. The predicted octanol–water partition coefficient (Wildman–Crippen LogP) is 5.15. The van der Waals surface area contributed by atoms with E-state index in [2.05, 4.69) is 51.6 Å². The van der Waals surface area contributed by atoms with Gasteiger partial charge in [0.05, 0.1) is 17.2 Å². The van der Waals surface area contributed by atoms with Crippen LogP contribution in [0.3, 0.4) is 0 Å². The molecule has 0 spiro atoms. The van der Waals surface area contributed by atoms with Crippen LogP contribution in [-0.4, -0.2) is 25.5 Å². The summed E-state index contributed by atoms with van der Waals surface area (Å²) in [6.07, 6.45) is 2.25. The highest BCUT2D eigenvalue weighted by Crippen LogP contribution is 2.48. The number of fused-ring (bicyclic) bond motifs is 2. The molecular formula is C18H19Cl2N3S. The molecule has 2 aliphatic heterocycles. The van der Waals surface area contributed by atoms with Crippen molar-refractivity contribution in [2.24, 2.45) is 4.99 Å². The number of nitrogens with zero attached hydrogens (tertiary/aromatic N) is 2. The van der Waals surface area contributed by atoms with Gasteiger partial charge in [0.2, 0.25) is 0 Å². The Balaban J connectivity index is 0.00000169. The molecule has 0 unspecified atom stereocenters. The molecule has 3 nitrogen and oxygen atoms in total. The van der Waals surface area contributed by atoms with E-state index in [1.54, 1.807) is 0 Å². The Hall–Kier alpha value is -1.36. The highest BCUT2D eigenvalue weighted by Gasteiger charge is 2.23. The van der Waals surface area contributed by atoms with Crippen LogP contribution in [0.25, 0.3) is 0 Å². The summed E-state index contributed by atoms with van der Waals surface area (Å²) in [5.41, 5.74) is 2.44. The summed E-state index contributed by atoms with van der Waals surface area (Å²) in [7, 11) is 0. The second kappa shape index (κ2) is 7.68. The molecule has 0 saturated heterocycles. The van der Waals surface area contributed by atoms with E-state index in [1.807, 2.05) is 17.8 Å². The van der Waals surface area contributed by atoms with E-state index < -0.39 is 0 Å². The Kier molecular flexibility index (Phi) is 5.59. The molecule has 0 atom stereocenters. The quantitative estimate of drug-likeness (QED) is 0.798. The largest absolute Gasteiger partial charge is 0.372 e. The summed E-state index contributed by atoms with van der Waals surface area (Å²) >= 11 is 8.05. The van der Waals surface area contributed by atoms with Crippen molar-refractivity contribution < 1.29 is 0 Å². The summed E-state index contributed by atoms with van der Waals surface area (Å²) in [5.74, 6) is 1.15. The Labute approximate surface area is 157 Å². The molecule has 0 radical (unpaired) electrons. The molecule has 0 amide bonds. The zero-order valence-corrected chi connectivity index (χ0v) is 15.6. The topological polar surface area (TPSA) is 27.6 Å². The first-order chi connectivity index (χ1) is 11.3. The number of hydrogen-bond donors (Lipinski definition) is 1. The molecule has 0 aliphatic carbocycles. The van der Waals surface area contributed by atoms with Crippen molar-refractivity contribution in [1.82, 2.24) is 5.32 Å². The molecule has 0 bridgehead atoms. The van der Waals surface area contributed by atoms with Crippen LogP contribution in [0.2, 0.25) is 5.02 Å². The molecule has 24 heavy (non-hydrogen) atoms. The standard InChI is InChI=1S/C18H18ClN3S.ClH/c19-13-7-8-17-15(12-13)22(11-10-21-18-6-3-9-20-18)14-4-1-2-5-16(14)23-17;/h1-2,4-5,7-8,12H,3,6,9-11H2,(H,20,21);1H. The molecular weight excluding hydrogens is 361 g/mol. The second-order valence-electron chi connectivity index (χ2n) is 5.69. The van der Waals surface area contributed by atoms with Crippen LogP contribution in [0.15, 0.2) is 57.2 Å². The van der Waals surface area contributed by atoms with Gasteiger partial charge in [0.25, 0.3) is 0 Å². The summed E-state index contributed by atoms with van der Waals surface area (Å²) < 4.78 is 0. The van der Waals surface area contributed by atoms with Crippen LogP contribution in [0.4, 0.5) is 11.4 Å². The van der Waals surface area contributed by atoms with Crippen LogP contribution < -0.4 is 10.2 Å². The Bertz CT molecular complexity index is 764. The third kappa shape index (κ3) is 3.51. The van der Waals surface area contributed by atoms with Gasteiger partial charge in [-0.2, -0.15) is 0 Å². The number of aliphatic imine (C=N–C) groups is 1. The zero-order valence-electron chi connectivity index (χ0n) is 13.2. The average molecular weight is 380 g/mol. The lowest BCUT2D eigenvalue weighted by atomic mass is 10.2. The van der Waals surface area contributed by atoms with Crippen molar-refractivity contribution >= 4 is 53.0 Å². The van der Waals surface area contributed by atoms with Gasteiger partial charge in [0.1, 0.15) is 0 Å². The number of hydrogen-bond acceptors (Lipinski definition) is 4. The van der Waals surface area contributed by atoms with Gasteiger partial charge in [-0.15, -0.1) is 12.4 Å². The monoisotopic (exact) mass is 379 g/mol. The van der Waals surface area contributed by atoms with E-state index in [0.717, 1.165) is 36.9 Å². The SMILES string of the molecule is Cl.Clc1ccc2c(c1)N(CCNC1=NCCC1)c1ccccc1S2. The number of anilines is 2. The maximum absolute atomic E-state index is 6.24. The molecule has 1 N–H and O–H groups in total. The van der Waals surface area contributed by atoms with Crippen molar-refractivity contribution in [1.29, 1.82) is 0 Å². The lowest BCUT2D eigenvalue weighted by molar-refractivity contribution is 0.825. The number of para-hydroxylation sites is 1. The molecule has 126 valence electrons. The maximum atomic E-state index is 6.24. The first-order valence-electron chi connectivity index (χ1n) is 7.92. The van der Waals surface area contributed by atoms with Crippen molar-refractivity contribution in [2.45, 2.75) is 22.6 Å². The van der Waals surface area contributed by atoms with Gasteiger partial charge < -0.3 is 10.2 Å². The molecule has 6 heteroatoms. The molecule has 2 aromatic rings. The van der Waals surface area contributed by atoms with Gasteiger partial charge in [-0.3, -0.25) is 4.99 Å². The van der Waals surface area contributed by atoms with Crippen LogP contribution in [0.1, 0.15) is 12.8 Å². The van der Waals surface area contributed by atoms with E-state index in [1.165, 1.54) is 27.6 Å². The molecule has 2 heterocycles. The van der Waals surface area contributed by atoms with E-state index in [9.17, 15) is 0 Å². The minimum absolute atomic E-state index is 0. The number of rotatable bonds is 3. The zero-order chi connectivity index (χ0) is 15.6. The average Bonchev–Trinajstić information content (AvgIpc) is 3.08. The molecule has 0 aromatic heterocycles. The van der Waals surface area contributed by atoms with Gasteiger partial charge in [-0.05, 0) is 36.8 Å². The predicted molar refractivity (Wildman–Crippen MR) is 106 cm³/mol. The van der Waals surface area contributed by atoms with E-state index in [-0.39, 0.29) is 12.4 Å². The lowest BCUT2D eigenvalue weighted by Gasteiger charge is -2.33. The van der Waals surface area contributed by atoms with E-state index >= 15 is 0 Å². The van der Waals surface area contributed by atoms with Crippen LogP contribution >= 0.6 is 35.8 Å². The first-order valence-corrected chi connectivity index (χ1v) is 9.12. The fourth-order valence-corrected chi connectivity index (χ4v) is 4.28. The summed E-state index contributed by atoms with van der Waals surface area (Å²) in [6.45, 7) is 2.73. The third-order valence-corrected chi connectivity index (χ3v) is 5.49. The fourth-order valence-electron chi connectivity index (χ4n) is 3.04. The van der Waals surface area contributed by atoms with Gasteiger partial charge in [0, 0.05) is 40.9 Å². The minimum atomic E-state index is 0. The van der Waals surface area contributed by atoms with E-state index in [0.29, 0.717) is 0 Å². The number of nitrogens with one attached hydrogen (secondary N) is 1. The Morgan fingerprint density at radius 2 is 1.96 bits per heavy atom. The molecule has 2 aromatic carbocycles. The van der Waals surface area contributed by atoms with Crippen molar-refractivity contribution in [3.8, 4) is 0 Å². The van der Waals surface area contributed by atoms with Gasteiger partial charge in [-0.25, -0.2) is 0 Å². The van der Waals surface area contributed by atoms with E-state index in [4.69, 9.17) is 11.6 Å². The smallest absolute Gasteiger partial charge is 0.0964 e. The maximum Gasteiger partial charge on any atom is 0.0964 e. The third-order valence-electron chi connectivity index (χ3n) is 4.13. The Morgan fingerprint density at radius 1 is 1.12 bits per heavy atom. The van der Waals surface area contributed by atoms with Crippen molar-refractivity contribution in [3.63, 3.8) is 0 Å². The highest BCUT2D eigenvalue weighted by atomic mass is 35.5. The lowest BCUT2D eigenvalue weighted by Crippen LogP contribution is -2.33. The van der Waals surface area contributed by atoms with Gasteiger partial charge in [0.15, 0.2) is 0 Å². The molecule has 2 aliphatic rings. The van der Waals surface area contributed by atoms with Crippen molar-refractivity contribution in [3.05, 3.63) is 47.5 Å². The summed E-state index contributed by atoms with van der Waals surface area (Å²) in [4.78, 5) is 9.39. The highest BCUT2D eigenvalue weighted by molar-refractivity contribution is 7.99. The number of amidine groups is 1. The molecule has 4 rings (SSSR count). The second-order valence-corrected chi connectivity index (χ2v) is 7.21. The minimum Gasteiger partial charge on any atom is -0.372 e. The van der Waals surface area contributed by atoms with Crippen LogP contribution in [0, 0.1) is 0 Å². The first kappa shape index (κ1) is 17.5. The van der Waals surface area contributed by atoms with Crippen molar-refractivity contribution in [2.75, 3.05) is 24.5 Å². The number of halogens is 2. The summed E-state index contributed by atoms with van der Waals surface area (Å²) in [6, 6.07) is 14.7. The normalized spacial score (nSPS) is 15.2.